The monoisotopic (exact) mass is 535 g/mol. The molecule has 0 spiro atoms. The Balaban J connectivity index is 0.00000380. The molecule has 2 aromatic carbocycles. The summed E-state index contributed by atoms with van der Waals surface area (Å²) in [5, 5.41) is 3.55. The van der Waals surface area contributed by atoms with Crippen molar-refractivity contribution in [2.45, 2.75) is 57.5 Å². The minimum Gasteiger partial charge on any atom is -0.486 e. The lowest BCUT2D eigenvalue weighted by Crippen LogP contribution is -2.49. The number of methoxy groups -OCH3 is 1. The number of nitrogens with one attached hydrogen (secondary N) is 1. The van der Waals surface area contributed by atoms with Gasteiger partial charge in [-0.15, -0.1) is 12.4 Å². The second kappa shape index (κ2) is 13.4. The molecular formula is C29H39ClFNO5. The van der Waals surface area contributed by atoms with Crippen molar-refractivity contribution in [3.8, 4) is 11.5 Å². The Bertz CT molecular complexity index is 1050. The third kappa shape index (κ3) is 7.15. The molecule has 0 radical (unpaired) electrons. The van der Waals surface area contributed by atoms with Crippen LogP contribution in [0.25, 0.3) is 0 Å². The molecule has 0 amide bonds. The van der Waals surface area contributed by atoms with Gasteiger partial charge in [0, 0.05) is 19.4 Å². The van der Waals surface area contributed by atoms with Crippen molar-refractivity contribution < 1.29 is 28.1 Å². The summed E-state index contributed by atoms with van der Waals surface area (Å²) >= 11 is 0. The zero-order valence-corrected chi connectivity index (χ0v) is 22.8. The minimum absolute atomic E-state index is 0. The van der Waals surface area contributed by atoms with Gasteiger partial charge < -0.3 is 24.3 Å². The highest BCUT2D eigenvalue weighted by Crippen LogP contribution is 2.48. The zero-order valence-electron chi connectivity index (χ0n) is 22.0. The average Bonchev–Trinajstić information content (AvgIpc) is 2.86. The molecule has 1 N–H and O–H groups in total. The van der Waals surface area contributed by atoms with E-state index >= 15 is 0 Å². The van der Waals surface area contributed by atoms with Gasteiger partial charge >= 0.3 is 5.97 Å². The van der Waals surface area contributed by atoms with Gasteiger partial charge in [0.1, 0.15) is 31.2 Å². The molecule has 37 heavy (non-hydrogen) atoms. The summed E-state index contributed by atoms with van der Waals surface area (Å²) in [7, 11) is 1.50. The highest BCUT2D eigenvalue weighted by molar-refractivity contribution is 5.85. The Morgan fingerprint density at radius 1 is 1.14 bits per heavy atom. The standard InChI is InChI=1S/C29H38FNO5.ClH/c1-20(2)28-24-8-7-23(30)18-22(24)10-11-29(28,36-27(32)19-33-3)12-14-31-13-4-5-21-6-9-25-26(17-21)35-16-15-34-25;/h6-9,17-18,20,28,31H,4-5,10-16,19H2,1-3H3;1H/t28-,29-;/m1./s1. The molecule has 0 aromatic heterocycles. The molecule has 0 fully saturated rings. The fourth-order valence-corrected chi connectivity index (χ4v) is 5.75. The Hall–Kier alpha value is -2.35. The highest BCUT2D eigenvalue weighted by atomic mass is 35.5. The molecule has 4 rings (SSSR count). The lowest BCUT2D eigenvalue weighted by atomic mass is 9.65. The molecule has 0 saturated carbocycles. The Morgan fingerprint density at radius 2 is 1.92 bits per heavy atom. The van der Waals surface area contributed by atoms with Crippen LogP contribution in [0.15, 0.2) is 36.4 Å². The second-order valence-electron chi connectivity index (χ2n) is 10.1. The molecule has 0 unspecified atom stereocenters. The molecule has 0 saturated heterocycles. The van der Waals surface area contributed by atoms with Crippen molar-refractivity contribution in [1.29, 1.82) is 0 Å². The molecule has 204 valence electrons. The van der Waals surface area contributed by atoms with Crippen LogP contribution in [-0.2, 0) is 27.1 Å². The van der Waals surface area contributed by atoms with E-state index in [2.05, 4.69) is 31.3 Å². The van der Waals surface area contributed by atoms with Gasteiger partial charge in [-0.1, -0.05) is 26.0 Å². The van der Waals surface area contributed by atoms with Crippen LogP contribution >= 0.6 is 12.4 Å². The molecule has 1 heterocycles. The van der Waals surface area contributed by atoms with Crippen LogP contribution < -0.4 is 14.8 Å². The van der Waals surface area contributed by atoms with E-state index in [0.717, 1.165) is 48.6 Å². The Kier molecular flexibility index (Phi) is 10.6. The smallest absolute Gasteiger partial charge is 0.332 e. The van der Waals surface area contributed by atoms with Crippen LogP contribution in [0.5, 0.6) is 11.5 Å². The van der Waals surface area contributed by atoms with Gasteiger partial charge in [0.15, 0.2) is 11.5 Å². The first-order chi connectivity index (χ1) is 17.4. The van der Waals surface area contributed by atoms with Crippen LogP contribution in [0.2, 0.25) is 0 Å². The Labute approximate surface area is 225 Å². The number of benzene rings is 2. The summed E-state index contributed by atoms with van der Waals surface area (Å²) in [6, 6.07) is 11.1. The summed E-state index contributed by atoms with van der Waals surface area (Å²) < 4.78 is 36.4. The molecule has 0 bridgehead atoms. The molecule has 8 heteroatoms. The fraction of sp³-hybridized carbons (Fsp3) is 0.552. The average molecular weight is 536 g/mol. The molecule has 2 aliphatic rings. The van der Waals surface area contributed by atoms with Crippen LogP contribution in [-0.4, -0.2) is 51.6 Å². The first-order valence-electron chi connectivity index (χ1n) is 13.0. The number of hydrogen-bond acceptors (Lipinski definition) is 6. The second-order valence-corrected chi connectivity index (χ2v) is 10.1. The molecular weight excluding hydrogens is 497 g/mol. The number of rotatable bonds is 11. The molecule has 2 atom stereocenters. The topological polar surface area (TPSA) is 66.0 Å². The van der Waals surface area contributed by atoms with E-state index in [0.29, 0.717) is 32.5 Å². The first kappa shape index (κ1) is 29.2. The quantitative estimate of drug-likeness (QED) is 0.313. The van der Waals surface area contributed by atoms with Crippen molar-refractivity contribution >= 4 is 18.4 Å². The summed E-state index contributed by atoms with van der Waals surface area (Å²) in [5.74, 6) is 1.27. The summed E-state index contributed by atoms with van der Waals surface area (Å²) in [6.07, 6.45) is 3.95. The van der Waals surface area contributed by atoms with Crippen LogP contribution in [0.4, 0.5) is 4.39 Å². The van der Waals surface area contributed by atoms with Gasteiger partial charge in [-0.3, -0.25) is 0 Å². The zero-order chi connectivity index (χ0) is 25.5. The van der Waals surface area contributed by atoms with Gasteiger partial charge in [-0.25, -0.2) is 9.18 Å². The lowest BCUT2D eigenvalue weighted by molar-refractivity contribution is -0.171. The molecule has 6 nitrogen and oxygen atoms in total. The minimum atomic E-state index is -0.655. The maximum Gasteiger partial charge on any atom is 0.332 e. The Morgan fingerprint density at radius 3 is 2.68 bits per heavy atom. The van der Waals surface area contributed by atoms with Crippen LogP contribution in [0.1, 0.15) is 55.7 Å². The van der Waals surface area contributed by atoms with Crippen LogP contribution in [0, 0.1) is 11.7 Å². The van der Waals surface area contributed by atoms with Gasteiger partial charge in [0.25, 0.3) is 0 Å². The van der Waals surface area contributed by atoms with Crippen molar-refractivity contribution in [3.63, 3.8) is 0 Å². The van der Waals surface area contributed by atoms with Crippen molar-refractivity contribution in [2.24, 2.45) is 5.92 Å². The van der Waals surface area contributed by atoms with Gasteiger partial charge in [-0.2, -0.15) is 0 Å². The number of carbonyl (C=O) groups excluding carboxylic acids is 1. The highest BCUT2D eigenvalue weighted by Gasteiger charge is 2.47. The van der Waals surface area contributed by atoms with E-state index in [1.165, 1.54) is 18.7 Å². The van der Waals surface area contributed by atoms with Gasteiger partial charge in [0.2, 0.25) is 0 Å². The van der Waals surface area contributed by atoms with Gasteiger partial charge in [0.05, 0.1) is 0 Å². The fourth-order valence-electron chi connectivity index (χ4n) is 5.75. The third-order valence-electron chi connectivity index (χ3n) is 7.22. The van der Waals surface area contributed by atoms with Crippen molar-refractivity contribution in [3.05, 3.63) is 58.9 Å². The van der Waals surface area contributed by atoms with Crippen LogP contribution in [0.3, 0.4) is 0 Å². The van der Waals surface area contributed by atoms with Crippen molar-refractivity contribution in [2.75, 3.05) is 40.0 Å². The maximum absolute atomic E-state index is 13.9. The van der Waals surface area contributed by atoms with E-state index in [4.69, 9.17) is 18.9 Å². The van der Waals surface area contributed by atoms with E-state index < -0.39 is 5.60 Å². The summed E-state index contributed by atoms with van der Waals surface area (Å²) in [6.45, 7) is 6.97. The lowest BCUT2D eigenvalue weighted by Gasteiger charge is -2.46. The number of aryl methyl sites for hydroxylation is 2. The number of esters is 1. The number of hydrogen-bond donors (Lipinski definition) is 1. The molecule has 1 aliphatic heterocycles. The predicted molar refractivity (Wildman–Crippen MR) is 143 cm³/mol. The van der Waals surface area contributed by atoms with Gasteiger partial charge in [-0.05, 0) is 85.6 Å². The van der Waals surface area contributed by atoms with E-state index in [1.807, 2.05) is 12.1 Å². The summed E-state index contributed by atoms with van der Waals surface area (Å²) in [4.78, 5) is 12.6. The van der Waals surface area contributed by atoms with Crippen molar-refractivity contribution in [1.82, 2.24) is 5.32 Å². The molecule has 1 aliphatic carbocycles. The number of ether oxygens (including phenoxy) is 4. The maximum atomic E-state index is 13.9. The third-order valence-corrected chi connectivity index (χ3v) is 7.22. The van der Waals surface area contributed by atoms with E-state index in [1.54, 1.807) is 6.07 Å². The number of carbonyl (C=O) groups is 1. The SMILES string of the molecule is COCC(=O)O[C@@]1(CCNCCCc2ccc3c(c2)OCCO3)CCc2cc(F)ccc2[C@H]1C(C)C.Cl. The molecule has 2 aromatic rings. The van der Waals surface area contributed by atoms with E-state index in [9.17, 15) is 9.18 Å². The normalized spacial score (nSPS) is 20.2. The largest absolute Gasteiger partial charge is 0.486 e. The number of fused-ring (bicyclic) bond motifs is 2. The first-order valence-corrected chi connectivity index (χ1v) is 13.0. The van der Waals surface area contributed by atoms with E-state index in [-0.39, 0.29) is 42.6 Å². The summed E-state index contributed by atoms with van der Waals surface area (Å²) in [5.41, 5.74) is 2.67. The predicted octanol–water partition coefficient (Wildman–Crippen LogP) is 5.25. The number of halogens is 2.